The predicted molar refractivity (Wildman–Crippen MR) is 290 cm³/mol. The lowest BCUT2D eigenvalue weighted by Crippen LogP contribution is -2.67. The van der Waals surface area contributed by atoms with Crippen molar-refractivity contribution < 1.29 is 18.3 Å². The fourth-order valence-electron chi connectivity index (χ4n) is 12.8. The van der Waals surface area contributed by atoms with Crippen LogP contribution in [0.25, 0.3) is 66.1 Å². The Kier molecular flexibility index (Phi) is 8.15. The normalized spacial score (nSPS) is 14.0. The molecule has 2 aromatic heterocycles. The maximum Gasteiger partial charge on any atom is 0.256 e. The first-order valence-corrected chi connectivity index (χ1v) is 25.9. The van der Waals surface area contributed by atoms with E-state index in [1.165, 1.54) is 44.4 Å². The van der Waals surface area contributed by atoms with E-state index >= 15 is 0 Å². The zero-order chi connectivity index (χ0) is 45.9. The molecule has 0 aliphatic carbocycles. The summed E-state index contributed by atoms with van der Waals surface area (Å²) in [7, 11) is 0. The number of furan rings is 2. The molecule has 70 heavy (non-hydrogen) atoms. The Morgan fingerprint density at radius 2 is 0.943 bits per heavy atom. The maximum atomic E-state index is 7.42. The van der Waals surface area contributed by atoms with Gasteiger partial charge in [-0.3, -0.25) is 0 Å². The fourth-order valence-corrected chi connectivity index (χ4v) is 14.1. The number of unbranched alkanes of at least 4 members (excludes halogenated alkanes) is 2. The third-order valence-corrected chi connectivity index (χ3v) is 17.1. The highest BCUT2D eigenvalue weighted by Gasteiger charge is 2.54. The minimum atomic E-state index is -0.135. The first kappa shape index (κ1) is 39.3. The number of hydrogen-bond donors (Lipinski definition) is 0. The van der Waals surface area contributed by atoms with Crippen LogP contribution in [0.1, 0.15) is 50.7 Å². The minimum Gasteiger partial charge on any atom is -0.458 e. The van der Waals surface area contributed by atoms with Gasteiger partial charge in [0.1, 0.15) is 34.2 Å². The smallest absolute Gasteiger partial charge is 0.256 e. The van der Waals surface area contributed by atoms with E-state index < -0.39 is 0 Å². The van der Waals surface area contributed by atoms with Crippen LogP contribution >= 0.6 is 11.8 Å². The molecule has 0 fully saturated rings. The highest BCUT2D eigenvalue weighted by atomic mass is 32.2. The third-order valence-electron chi connectivity index (χ3n) is 15.9. The second-order valence-electron chi connectivity index (χ2n) is 19.8. The summed E-state index contributed by atoms with van der Waals surface area (Å²) in [4.78, 5) is 4.82. The number of ether oxygens (including phenoxy) is 2. The fraction of sp³-hybridized carbons (Fsp3) is 0.129. The van der Waals surface area contributed by atoms with Crippen LogP contribution in [0.3, 0.4) is 0 Å². The van der Waals surface area contributed by atoms with E-state index in [2.05, 4.69) is 170 Å². The van der Waals surface area contributed by atoms with E-state index in [-0.39, 0.29) is 13.4 Å². The highest BCUT2D eigenvalue weighted by molar-refractivity contribution is 8.00. The molecule has 5 aliphatic rings. The third kappa shape index (κ3) is 5.21. The molecule has 0 N–H and O–H groups in total. The van der Waals surface area contributed by atoms with Gasteiger partial charge >= 0.3 is 0 Å². The molecular weight excluding hydrogens is 876 g/mol. The van der Waals surface area contributed by atoms with Crippen LogP contribution in [-0.4, -0.2) is 13.4 Å². The van der Waals surface area contributed by atoms with Crippen molar-refractivity contribution in [3.05, 3.63) is 163 Å². The molecule has 0 amide bonds. The number of para-hydroxylation sites is 2. The molecule has 0 spiro atoms. The van der Waals surface area contributed by atoms with Gasteiger partial charge in [-0.25, -0.2) is 0 Å². The number of aryl methyl sites for hydroxylation is 2. The zero-order valence-electron chi connectivity index (χ0n) is 38.8. The highest BCUT2D eigenvalue weighted by Crippen LogP contribution is 2.60. The summed E-state index contributed by atoms with van der Waals surface area (Å²) in [5, 5.41) is 4.55. The monoisotopic (exact) mass is 919 g/mol. The summed E-state index contributed by atoms with van der Waals surface area (Å²) in [6, 6.07) is 55.7. The van der Waals surface area contributed by atoms with Gasteiger partial charge in [-0.2, -0.15) is 0 Å². The SMILES string of the molecule is CCCCc1ccc2c(c1)oc1c3c4c(cc12)B1c2cccc(-c5ccccc5)c2Oc2cc5c6c(c21)N4c1c(cc2c(oc4cc(CCCC)ccc42)c1S3)B6c1cccc(-c2ccccc2)c1O5. The zero-order valence-corrected chi connectivity index (χ0v) is 39.6. The Bertz CT molecular complexity index is 3840. The quantitative estimate of drug-likeness (QED) is 0.142. The van der Waals surface area contributed by atoms with E-state index in [4.69, 9.17) is 18.3 Å². The number of rotatable bonds is 8. The summed E-state index contributed by atoms with van der Waals surface area (Å²) < 4.78 is 29.3. The first-order valence-electron chi connectivity index (χ1n) is 25.1. The number of hydrogen-bond acceptors (Lipinski definition) is 6. The van der Waals surface area contributed by atoms with Crippen LogP contribution < -0.4 is 47.2 Å². The number of benzene rings is 9. The van der Waals surface area contributed by atoms with Crippen molar-refractivity contribution >= 4 is 119 Å². The van der Waals surface area contributed by atoms with Crippen molar-refractivity contribution in [2.45, 2.75) is 62.2 Å². The lowest BCUT2D eigenvalue weighted by molar-refractivity contribution is 0.467. The molecule has 0 atom stereocenters. The topological polar surface area (TPSA) is 48.0 Å². The van der Waals surface area contributed by atoms with E-state index in [9.17, 15) is 0 Å². The van der Waals surface area contributed by atoms with Gasteiger partial charge in [0.05, 0.1) is 21.2 Å². The predicted octanol–water partition coefficient (Wildman–Crippen LogP) is 13.3. The minimum absolute atomic E-state index is 0.135. The van der Waals surface area contributed by atoms with Crippen molar-refractivity contribution in [3.63, 3.8) is 0 Å². The number of anilines is 3. The van der Waals surface area contributed by atoms with Gasteiger partial charge < -0.3 is 23.2 Å². The lowest BCUT2D eigenvalue weighted by Gasteiger charge is -2.49. The Labute approximate surface area is 410 Å². The van der Waals surface area contributed by atoms with Crippen LogP contribution in [0.4, 0.5) is 17.1 Å². The molecule has 0 saturated carbocycles. The standard InChI is InChI=1S/C62H43B2NO4S/c1-3-5-15-34-25-27-40-42-31-46-54-61(59(42)66-48(40)29-34)70-62-55-47(32-43-41-28-26-35(16-6-4-2)30-49(41)67-60(43)62)64-45-24-14-22-39(37-19-11-8-12-20-37)58(45)69-51-33-50-52(56(53(51)64)65(54)55)63(46)44-23-13-21-38(57(44)68-50)36-17-9-7-10-18-36/h7-14,17-33H,3-6,15-16H2,1-2H3. The van der Waals surface area contributed by atoms with E-state index in [0.29, 0.717) is 0 Å². The number of nitrogens with zero attached hydrogens (tertiary/aromatic N) is 1. The molecular formula is C62H43B2NO4S. The molecule has 9 aromatic carbocycles. The second-order valence-corrected chi connectivity index (χ2v) is 20.9. The van der Waals surface area contributed by atoms with Gasteiger partial charge in [0.2, 0.25) is 0 Å². The van der Waals surface area contributed by atoms with Gasteiger partial charge in [0, 0.05) is 44.4 Å². The Balaban J connectivity index is 1.05. The average molecular weight is 920 g/mol. The summed E-state index contributed by atoms with van der Waals surface area (Å²) in [5.41, 5.74) is 21.4. The maximum absolute atomic E-state index is 7.42. The molecule has 332 valence electrons. The van der Waals surface area contributed by atoms with Crippen LogP contribution in [0.2, 0.25) is 0 Å². The average Bonchev–Trinajstić information content (AvgIpc) is 3.97. The molecule has 16 rings (SSSR count). The van der Waals surface area contributed by atoms with E-state index in [1.54, 1.807) is 0 Å². The van der Waals surface area contributed by atoms with Crippen molar-refractivity contribution in [1.82, 2.24) is 0 Å². The van der Waals surface area contributed by atoms with Gasteiger partial charge in [0.15, 0.2) is 11.2 Å². The molecule has 8 heteroatoms. The van der Waals surface area contributed by atoms with Crippen molar-refractivity contribution in [2.24, 2.45) is 0 Å². The molecule has 0 saturated heterocycles. The molecule has 11 aromatic rings. The summed E-state index contributed by atoms with van der Waals surface area (Å²) in [5.74, 6) is 3.43. The van der Waals surface area contributed by atoms with Gasteiger partial charge in [-0.15, -0.1) is 0 Å². The summed E-state index contributed by atoms with van der Waals surface area (Å²) >= 11 is 1.83. The molecule has 0 radical (unpaired) electrons. The van der Waals surface area contributed by atoms with Crippen LogP contribution in [-0.2, 0) is 12.8 Å². The first-order chi connectivity index (χ1) is 34.6. The summed E-state index contributed by atoms with van der Waals surface area (Å²) in [6.45, 7) is 4.24. The Hall–Kier alpha value is -7.54. The van der Waals surface area contributed by atoms with Crippen molar-refractivity contribution in [3.8, 4) is 45.3 Å². The molecule has 5 nitrogen and oxygen atoms in total. The van der Waals surface area contributed by atoms with E-state index in [1.807, 2.05) is 11.8 Å². The summed E-state index contributed by atoms with van der Waals surface area (Å²) in [6.07, 6.45) is 6.64. The van der Waals surface area contributed by atoms with Crippen LogP contribution in [0.15, 0.2) is 170 Å². The Morgan fingerprint density at radius 3 is 1.41 bits per heavy atom. The lowest BCUT2D eigenvalue weighted by atomic mass is 9.29. The largest absolute Gasteiger partial charge is 0.458 e. The van der Waals surface area contributed by atoms with Gasteiger partial charge in [-0.1, -0.05) is 172 Å². The second kappa shape index (κ2) is 14.5. The van der Waals surface area contributed by atoms with Crippen LogP contribution in [0.5, 0.6) is 23.0 Å². The molecule has 0 bridgehead atoms. The van der Waals surface area contributed by atoms with Crippen LogP contribution in [0, 0.1) is 0 Å². The van der Waals surface area contributed by atoms with E-state index in [0.717, 1.165) is 154 Å². The molecule has 5 aliphatic heterocycles. The van der Waals surface area contributed by atoms with Gasteiger partial charge in [0.25, 0.3) is 13.4 Å². The van der Waals surface area contributed by atoms with Crippen molar-refractivity contribution in [1.29, 1.82) is 0 Å². The number of fused-ring (bicyclic) bond motifs is 14. The molecule has 7 heterocycles. The van der Waals surface area contributed by atoms with Gasteiger partial charge in [-0.05, 0) is 92.8 Å². The molecule has 0 unspecified atom stereocenters. The van der Waals surface area contributed by atoms with Crippen molar-refractivity contribution in [2.75, 3.05) is 4.90 Å². The Morgan fingerprint density at radius 1 is 0.457 bits per heavy atom.